The SMILES string of the molecule is C/C(=C\CC[C@@H](C)[C@H]1CC(=O)[C@@]2(C)C3=C(C(=O)[C@H](O)[C@]12C)[C@@]1(C)CCC(=O)[C@@](C)(COC(=O)C[C@@](C)(O)CC(=O)O)[C@@H]1CC3=O)C(=O)O. The molecule has 0 aliphatic heterocycles. The zero-order chi connectivity index (χ0) is 36.4. The van der Waals surface area contributed by atoms with Crippen molar-refractivity contribution in [2.75, 3.05) is 6.61 Å². The van der Waals surface area contributed by atoms with Gasteiger partial charge in [0.15, 0.2) is 11.6 Å². The zero-order valence-corrected chi connectivity index (χ0v) is 28.8. The molecule has 0 radical (unpaired) electrons. The van der Waals surface area contributed by atoms with E-state index >= 15 is 0 Å². The molecule has 48 heavy (non-hydrogen) atoms. The molecule has 0 aromatic rings. The van der Waals surface area contributed by atoms with Gasteiger partial charge in [-0.1, -0.05) is 26.8 Å². The highest BCUT2D eigenvalue weighted by Crippen LogP contribution is 2.69. The van der Waals surface area contributed by atoms with Crippen LogP contribution >= 0.6 is 0 Å². The van der Waals surface area contributed by atoms with E-state index in [2.05, 4.69) is 0 Å². The maximum atomic E-state index is 14.4. The van der Waals surface area contributed by atoms with Gasteiger partial charge in [0.2, 0.25) is 0 Å². The molecule has 9 atom stereocenters. The van der Waals surface area contributed by atoms with Gasteiger partial charge in [-0.05, 0) is 64.7 Å². The highest BCUT2D eigenvalue weighted by atomic mass is 16.5. The van der Waals surface area contributed by atoms with Crippen LogP contribution in [-0.4, -0.2) is 79.8 Å². The third kappa shape index (κ3) is 5.68. The van der Waals surface area contributed by atoms with Crippen molar-refractivity contribution in [3.8, 4) is 0 Å². The number of aliphatic hydroxyl groups is 2. The van der Waals surface area contributed by atoms with E-state index in [1.807, 2.05) is 6.92 Å². The summed E-state index contributed by atoms with van der Waals surface area (Å²) in [5.74, 6) is -6.44. The number of carboxylic acids is 2. The number of ether oxygens (including phenoxy) is 1. The van der Waals surface area contributed by atoms with Gasteiger partial charge in [0.25, 0.3) is 0 Å². The number of carbonyl (C=O) groups excluding carboxylic acids is 5. The topological polar surface area (TPSA) is 210 Å². The zero-order valence-electron chi connectivity index (χ0n) is 28.8. The molecular weight excluding hydrogens is 624 g/mol. The smallest absolute Gasteiger partial charge is 0.330 e. The fraction of sp³-hybridized carbons (Fsp3) is 0.694. The van der Waals surface area contributed by atoms with E-state index in [1.165, 1.54) is 13.8 Å². The molecule has 0 unspecified atom stereocenters. The summed E-state index contributed by atoms with van der Waals surface area (Å²) < 4.78 is 5.44. The van der Waals surface area contributed by atoms with Crippen LogP contribution in [0.1, 0.15) is 99.8 Å². The number of carboxylic acid groups (broad SMARTS) is 2. The molecule has 2 fully saturated rings. The number of aliphatic hydroxyl groups excluding tert-OH is 1. The number of allylic oxidation sites excluding steroid dienone is 2. The highest BCUT2D eigenvalue weighted by molar-refractivity contribution is 6.18. The molecule has 0 aromatic carbocycles. The number of hydrogen-bond acceptors (Lipinski definition) is 10. The van der Waals surface area contributed by atoms with Crippen LogP contribution in [0.5, 0.6) is 0 Å². The van der Waals surface area contributed by atoms with Crippen LogP contribution < -0.4 is 0 Å². The predicted molar refractivity (Wildman–Crippen MR) is 169 cm³/mol. The van der Waals surface area contributed by atoms with Crippen LogP contribution in [-0.2, 0) is 38.3 Å². The second kappa shape index (κ2) is 12.4. The Labute approximate surface area is 280 Å². The number of aliphatic carboxylic acids is 2. The minimum atomic E-state index is -1.89. The molecule has 264 valence electrons. The van der Waals surface area contributed by atoms with E-state index in [0.717, 1.165) is 0 Å². The fourth-order valence-electron chi connectivity index (χ4n) is 9.51. The molecule has 4 N–H and O–H groups in total. The van der Waals surface area contributed by atoms with Gasteiger partial charge in [-0.3, -0.25) is 28.8 Å². The standard InChI is InChI=1S/C36H48O12/c1-18(9-8-10-19(2)31(45)46)20-13-24(39)36(7)27-21(37)14-22-33(4,28(27)29(43)30(44)35(20,36)6)12-11-23(38)34(22,5)17-48-26(42)16-32(3,47)15-25(40)41/h10,18,20,22,30,44,47H,8-9,11-17H2,1-7H3,(H,40,41)(H,45,46)/b19-10+/t18-,20-,22-,30+,32+,33+,34+,35+,36+/m1/s1. The van der Waals surface area contributed by atoms with Crippen molar-refractivity contribution in [2.24, 2.45) is 39.4 Å². The Morgan fingerprint density at radius 2 is 1.62 bits per heavy atom. The lowest BCUT2D eigenvalue weighted by Crippen LogP contribution is -2.64. The molecule has 0 saturated heterocycles. The monoisotopic (exact) mass is 672 g/mol. The summed E-state index contributed by atoms with van der Waals surface area (Å²) in [6.07, 6.45) is -0.464. The van der Waals surface area contributed by atoms with E-state index < -0.39 is 94.1 Å². The summed E-state index contributed by atoms with van der Waals surface area (Å²) in [4.78, 5) is 91.4. The van der Waals surface area contributed by atoms with Crippen molar-refractivity contribution in [3.05, 3.63) is 22.8 Å². The number of esters is 1. The molecule has 0 bridgehead atoms. The molecule has 4 aliphatic rings. The lowest BCUT2D eigenvalue weighted by Gasteiger charge is -2.59. The van der Waals surface area contributed by atoms with Crippen molar-refractivity contribution in [1.82, 2.24) is 0 Å². The number of ketones is 4. The summed E-state index contributed by atoms with van der Waals surface area (Å²) in [6.45, 7) is 10.8. The Morgan fingerprint density at radius 3 is 2.21 bits per heavy atom. The Hall–Kier alpha value is -3.51. The largest absolute Gasteiger partial charge is 0.481 e. The molecular formula is C36H48O12. The van der Waals surface area contributed by atoms with Crippen LogP contribution in [0.25, 0.3) is 0 Å². The molecule has 0 aromatic heterocycles. The number of hydrogen-bond donors (Lipinski definition) is 4. The average molecular weight is 673 g/mol. The van der Waals surface area contributed by atoms with E-state index in [4.69, 9.17) is 9.84 Å². The number of rotatable bonds is 11. The Morgan fingerprint density at radius 1 is 1.00 bits per heavy atom. The van der Waals surface area contributed by atoms with Gasteiger partial charge in [-0.15, -0.1) is 0 Å². The lowest BCUT2D eigenvalue weighted by molar-refractivity contribution is -0.167. The molecule has 0 heterocycles. The summed E-state index contributed by atoms with van der Waals surface area (Å²) >= 11 is 0. The number of carbonyl (C=O) groups is 7. The normalized spacial score (nSPS) is 36.9. The average Bonchev–Trinajstić information content (AvgIpc) is 3.19. The van der Waals surface area contributed by atoms with Gasteiger partial charge in [-0.25, -0.2) is 4.79 Å². The van der Waals surface area contributed by atoms with Crippen molar-refractivity contribution >= 4 is 41.0 Å². The van der Waals surface area contributed by atoms with Crippen LogP contribution in [0.3, 0.4) is 0 Å². The Bertz CT molecular complexity index is 1530. The molecule has 4 aliphatic carbocycles. The van der Waals surface area contributed by atoms with Gasteiger partial charge in [0.1, 0.15) is 24.3 Å². The van der Waals surface area contributed by atoms with Gasteiger partial charge < -0.3 is 25.2 Å². The van der Waals surface area contributed by atoms with Crippen LogP contribution in [0.4, 0.5) is 0 Å². The van der Waals surface area contributed by atoms with E-state index in [9.17, 15) is 48.9 Å². The van der Waals surface area contributed by atoms with Gasteiger partial charge >= 0.3 is 17.9 Å². The number of Topliss-reactive ketones (excluding diaryl/α,β-unsaturated/α-hetero) is 4. The first-order valence-electron chi connectivity index (χ1n) is 16.6. The predicted octanol–water partition coefficient (Wildman–Crippen LogP) is 3.40. The molecule has 2 saturated carbocycles. The first-order chi connectivity index (χ1) is 22.0. The van der Waals surface area contributed by atoms with E-state index in [-0.39, 0.29) is 59.9 Å². The molecule has 0 spiro atoms. The summed E-state index contributed by atoms with van der Waals surface area (Å²) in [6, 6.07) is 0. The fourth-order valence-corrected chi connectivity index (χ4v) is 9.51. The first-order valence-corrected chi connectivity index (χ1v) is 16.6. The van der Waals surface area contributed by atoms with Crippen molar-refractivity contribution in [3.63, 3.8) is 0 Å². The minimum Gasteiger partial charge on any atom is -0.481 e. The summed E-state index contributed by atoms with van der Waals surface area (Å²) in [5, 5.41) is 40.5. The second-order valence-corrected chi connectivity index (χ2v) is 15.7. The van der Waals surface area contributed by atoms with Crippen molar-refractivity contribution < 1.29 is 58.7 Å². The number of fused-ring (bicyclic) bond motifs is 4. The Balaban J connectivity index is 1.71. The lowest BCUT2D eigenvalue weighted by atomic mass is 9.42. The first kappa shape index (κ1) is 37.3. The van der Waals surface area contributed by atoms with Crippen molar-refractivity contribution in [2.45, 2.75) is 112 Å². The van der Waals surface area contributed by atoms with Gasteiger partial charge in [0, 0.05) is 46.8 Å². The maximum Gasteiger partial charge on any atom is 0.330 e. The van der Waals surface area contributed by atoms with Crippen LogP contribution in [0.15, 0.2) is 22.8 Å². The van der Waals surface area contributed by atoms with E-state index in [1.54, 1.807) is 33.8 Å². The minimum absolute atomic E-state index is 0.0169. The molecule has 0 amide bonds. The van der Waals surface area contributed by atoms with E-state index in [0.29, 0.717) is 12.8 Å². The summed E-state index contributed by atoms with van der Waals surface area (Å²) in [5.41, 5.74) is -6.91. The molecule has 12 heteroatoms. The molecule has 4 rings (SSSR count). The Kier molecular flexibility index (Phi) is 9.66. The van der Waals surface area contributed by atoms with Crippen LogP contribution in [0.2, 0.25) is 0 Å². The summed E-state index contributed by atoms with van der Waals surface area (Å²) in [7, 11) is 0. The quantitative estimate of drug-likeness (QED) is 0.184. The molecule has 12 nitrogen and oxygen atoms in total. The van der Waals surface area contributed by atoms with Gasteiger partial charge in [-0.2, -0.15) is 0 Å². The highest BCUT2D eigenvalue weighted by Gasteiger charge is 2.74. The third-order valence-electron chi connectivity index (χ3n) is 12.6. The third-order valence-corrected chi connectivity index (χ3v) is 12.6. The second-order valence-electron chi connectivity index (χ2n) is 15.7. The van der Waals surface area contributed by atoms with Gasteiger partial charge in [0.05, 0.1) is 29.3 Å². The van der Waals surface area contributed by atoms with Crippen LogP contribution in [0, 0.1) is 39.4 Å². The van der Waals surface area contributed by atoms with Crippen molar-refractivity contribution in [1.29, 1.82) is 0 Å². The maximum absolute atomic E-state index is 14.4.